The van der Waals surface area contributed by atoms with Gasteiger partial charge in [-0.25, -0.2) is 4.79 Å². The highest BCUT2D eigenvalue weighted by Crippen LogP contribution is 2.40. The molecule has 2 aliphatic heterocycles. The highest BCUT2D eigenvalue weighted by Gasteiger charge is 2.54. The van der Waals surface area contributed by atoms with Crippen LogP contribution >= 0.6 is 50.6 Å². The lowest BCUT2D eigenvalue weighted by Gasteiger charge is -2.49. The molecule has 0 bridgehead atoms. The molecule has 3 heterocycles. The Balaban J connectivity index is 1.39. The Morgan fingerprint density at radius 2 is 2.16 bits per heavy atom. The number of benzene rings is 1. The summed E-state index contributed by atoms with van der Waals surface area (Å²) in [4.78, 5) is 39.3. The zero-order valence-electron chi connectivity index (χ0n) is 16.3. The number of hydrogen-bond acceptors (Lipinski definition) is 6. The summed E-state index contributed by atoms with van der Waals surface area (Å²) in [5.74, 6) is -1.08. The van der Waals surface area contributed by atoms with Gasteiger partial charge in [-0.2, -0.15) is 0 Å². The summed E-state index contributed by atoms with van der Waals surface area (Å²) in [6, 6.07) is 7.96. The molecule has 0 unspecified atom stereocenters. The Morgan fingerprint density at radius 1 is 1.38 bits per heavy atom. The van der Waals surface area contributed by atoms with Crippen LogP contribution in [0.2, 0.25) is 5.02 Å². The molecule has 2 atom stereocenters. The van der Waals surface area contributed by atoms with Crippen molar-refractivity contribution >= 4 is 68.4 Å². The maximum absolute atomic E-state index is 12.7. The number of amides is 2. The van der Waals surface area contributed by atoms with E-state index >= 15 is 0 Å². The number of thioether (sulfide) groups is 1. The number of ether oxygens (including phenoxy) is 1. The molecule has 32 heavy (non-hydrogen) atoms. The molecule has 1 aromatic heterocycles. The molecule has 166 valence electrons. The second-order valence-corrected chi connectivity index (χ2v) is 10.5. The minimum atomic E-state index is -1.18. The van der Waals surface area contributed by atoms with Crippen LogP contribution in [0.5, 0.6) is 5.75 Å². The largest absolute Gasteiger partial charge is 0.487 e. The van der Waals surface area contributed by atoms with Gasteiger partial charge in [-0.3, -0.25) is 14.5 Å². The van der Waals surface area contributed by atoms with E-state index in [2.05, 4.69) is 27.8 Å². The molecular weight excluding hydrogens is 540 g/mol. The number of nitrogens with zero attached hydrogens (tertiary/aromatic N) is 1. The third kappa shape index (κ3) is 4.32. The highest BCUT2D eigenvalue weighted by molar-refractivity contribution is 9.10. The van der Waals surface area contributed by atoms with Crippen molar-refractivity contribution in [2.75, 3.05) is 5.75 Å². The number of fused-ring (bicyclic) bond motifs is 1. The number of carboxylic acid groups (broad SMARTS) is 1. The van der Waals surface area contributed by atoms with Gasteiger partial charge in [0.15, 0.2) is 0 Å². The lowest BCUT2D eigenvalue weighted by Crippen LogP contribution is -2.70. The number of thiophene rings is 1. The number of aliphatic carboxylic acids is 1. The van der Waals surface area contributed by atoms with Crippen molar-refractivity contribution in [2.45, 2.75) is 18.0 Å². The number of allylic oxidation sites excluding steroid dienone is 1. The molecule has 11 heteroatoms. The van der Waals surface area contributed by atoms with E-state index in [0.717, 1.165) is 9.35 Å². The molecule has 4 rings (SSSR count). The van der Waals surface area contributed by atoms with Gasteiger partial charge in [0.25, 0.3) is 11.8 Å². The van der Waals surface area contributed by atoms with Gasteiger partial charge in [0, 0.05) is 15.1 Å². The van der Waals surface area contributed by atoms with Crippen LogP contribution in [0.3, 0.4) is 0 Å². The van der Waals surface area contributed by atoms with Crippen molar-refractivity contribution in [1.29, 1.82) is 0 Å². The quantitative estimate of drug-likeness (QED) is 0.495. The molecule has 7 nitrogen and oxygen atoms in total. The maximum atomic E-state index is 12.7. The van der Waals surface area contributed by atoms with E-state index in [4.69, 9.17) is 16.3 Å². The van der Waals surface area contributed by atoms with Crippen LogP contribution in [0.4, 0.5) is 0 Å². The molecular formula is C21H16BrClN2O5S2. The van der Waals surface area contributed by atoms with Crippen LogP contribution in [0.1, 0.15) is 14.5 Å². The normalized spacial score (nSPS) is 19.8. The summed E-state index contributed by atoms with van der Waals surface area (Å²) in [6.45, 7) is 3.86. The third-order valence-electron chi connectivity index (χ3n) is 4.88. The number of carbonyl (C=O) groups excluding carboxylic acids is 2. The van der Waals surface area contributed by atoms with Crippen molar-refractivity contribution in [2.24, 2.45) is 0 Å². The zero-order chi connectivity index (χ0) is 23.0. The van der Waals surface area contributed by atoms with E-state index in [9.17, 15) is 19.5 Å². The van der Waals surface area contributed by atoms with Gasteiger partial charge in [0.1, 0.15) is 29.5 Å². The Labute approximate surface area is 205 Å². The number of carboxylic acids is 1. The summed E-state index contributed by atoms with van der Waals surface area (Å²) in [5, 5.41) is 12.2. The minimum Gasteiger partial charge on any atom is -0.487 e. The van der Waals surface area contributed by atoms with E-state index in [1.54, 1.807) is 24.3 Å². The topological polar surface area (TPSA) is 95.9 Å². The predicted octanol–water partition coefficient (Wildman–Crippen LogP) is 4.28. The Bertz CT molecular complexity index is 1160. The summed E-state index contributed by atoms with van der Waals surface area (Å²) >= 11 is 12.1. The van der Waals surface area contributed by atoms with Gasteiger partial charge in [-0.15, -0.1) is 23.1 Å². The molecule has 0 spiro atoms. The molecule has 0 saturated carbocycles. The van der Waals surface area contributed by atoms with Gasteiger partial charge in [-0.05, 0) is 35.9 Å². The smallest absolute Gasteiger partial charge is 0.352 e. The van der Waals surface area contributed by atoms with Gasteiger partial charge >= 0.3 is 5.97 Å². The highest BCUT2D eigenvalue weighted by atomic mass is 79.9. The van der Waals surface area contributed by atoms with Crippen molar-refractivity contribution in [3.05, 3.63) is 73.5 Å². The van der Waals surface area contributed by atoms with E-state index in [1.165, 1.54) is 34.1 Å². The predicted molar refractivity (Wildman–Crippen MR) is 127 cm³/mol. The molecule has 2 amide bonds. The molecule has 1 saturated heterocycles. The Morgan fingerprint density at radius 3 is 2.84 bits per heavy atom. The van der Waals surface area contributed by atoms with Crippen LogP contribution in [0.25, 0.3) is 0 Å². The third-order valence-corrected chi connectivity index (χ3v) is 8.03. The first-order chi connectivity index (χ1) is 15.3. The number of β-lactam (4-membered cyclic amide) rings is 1. The molecule has 2 aliphatic rings. The lowest BCUT2D eigenvalue weighted by molar-refractivity contribution is -0.148. The average molecular weight is 556 g/mol. The van der Waals surface area contributed by atoms with Crippen LogP contribution in [-0.2, 0) is 16.2 Å². The number of carbonyl (C=O) groups is 3. The first-order valence-electron chi connectivity index (χ1n) is 9.31. The molecule has 2 aromatic rings. The number of halogens is 2. The Hall–Kier alpha value is -2.27. The summed E-state index contributed by atoms with van der Waals surface area (Å²) in [7, 11) is 0. The monoisotopic (exact) mass is 554 g/mol. The summed E-state index contributed by atoms with van der Waals surface area (Å²) in [6.07, 6.45) is 1.45. The van der Waals surface area contributed by atoms with Crippen molar-refractivity contribution in [1.82, 2.24) is 10.2 Å². The molecule has 2 N–H and O–H groups in total. The van der Waals surface area contributed by atoms with Crippen molar-refractivity contribution < 1.29 is 24.2 Å². The van der Waals surface area contributed by atoms with E-state index in [0.29, 0.717) is 27.0 Å². The second kappa shape index (κ2) is 9.30. The molecule has 1 aromatic carbocycles. The lowest BCUT2D eigenvalue weighted by atomic mass is 10.0. The van der Waals surface area contributed by atoms with Gasteiger partial charge < -0.3 is 15.2 Å². The maximum Gasteiger partial charge on any atom is 0.352 e. The SMILES string of the molecule is C=CC1=C(C(=O)O)N2C(=O)[C@@H](NC(=O)c3ccc(COc4ccc(Br)cc4Cl)s3)[C@H]2SC1. The van der Waals surface area contributed by atoms with Gasteiger partial charge in [0.05, 0.1) is 9.90 Å². The average Bonchev–Trinajstić information content (AvgIpc) is 3.24. The molecule has 0 aliphatic carbocycles. The first-order valence-corrected chi connectivity index (χ1v) is 12.3. The number of rotatable bonds is 7. The fourth-order valence-corrected chi connectivity index (χ4v) is 6.22. The van der Waals surface area contributed by atoms with E-state index in [1.807, 2.05) is 6.07 Å². The number of hydrogen-bond donors (Lipinski definition) is 2. The van der Waals surface area contributed by atoms with Gasteiger partial charge in [-0.1, -0.05) is 40.2 Å². The van der Waals surface area contributed by atoms with Crippen LogP contribution < -0.4 is 10.1 Å². The van der Waals surface area contributed by atoms with Crippen LogP contribution in [0, 0.1) is 0 Å². The van der Waals surface area contributed by atoms with Crippen molar-refractivity contribution in [3.63, 3.8) is 0 Å². The first kappa shape index (κ1) is 22.9. The van der Waals surface area contributed by atoms with E-state index < -0.39 is 29.2 Å². The van der Waals surface area contributed by atoms with Gasteiger partial charge in [0.2, 0.25) is 0 Å². The van der Waals surface area contributed by atoms with Crippen LogP contribution in [0.15, 0.2) is 58.7 Å². The standard InChI is InChI=1S/C21H16BrClN2O5S2/c1-2-10-9-31-20-16(19(27)25(20)17(10)21(28)29)24-18(26)15-6-4-12(32-15)8-30-14-5-3-11(22)7-13(14)23/h2-7,16,20H,1,8-9H2,(H,24,26)(H,28,29)/t16-,20-/m1/s1. The molecule has 0 radical (unpaired) electrons. The van der Waals surface area contributed by atoms with E-state index in [-0.39, 0.29) is 12.3 Å². The fourth-order valence-electron chi connectivity index (χ4n) is 3.33. The number of nitrogens with one attached hydrogen (secondary N) is 1. The second-order valence-electron chi connectivity index (χ2n) is 6.87. The molecule has 1 fully saturated rings. The summed E-state index contributed by atoms with van der Waals surface area (Å²) in [5.41, 5.74) is 0.423. The summed E-state index contributed by atoms with van der Waals surface area (Å²) < 4.78 is 6.56. The van der Waals surface area contributed by atoms with Crippen molar-refractivity contribution in [3.8, 4) is 5.75 Å². The Kier molecular flexibility index (Phi) is 6.66. The fraction of sp³-hybridized carbons (Fsp3) is 0.190. The van der Waals surface area contributed by atoms with Crippen LogP contribution in [-0.4, -0.2) is 45.0 Å². The minimum absolute atomic E-state index is 0.0681. The zero-order valence-corrected chi connectivity index (χ0v) is 20.3.